The fourth-order valence-electron chi connectivity index (χ4n) is 6.19. The molecule has 10 heteroatoms. The number of alkyl carbamates (subject to hydrolysis) is 1. The second kappa shape index (κ2) is 11.9. The Balaban J connectivity index is 1.47. The summed E-state index contributed by atoms with van der Waals surface area (Å²) in [4.78, 5) is 40.7. The Hall–Kier alpha value is -3.01. The molecule has 42 heavy (non-hydrogen) atoms. The number of nitrogens with zero attached hydrogens (tertiary/aromatic N) is 1. The number of likely N-dealkylation sites (tertiary alicyclic amines) is 1. The normalized spacial score (nSPS) is 25.5. The highest BCUT2D eigenvalue weighted by molar-refractivity contribution is 5.86. The van der Waals surface area contributed by atoms with Gasteiger partial charge in [0.2, 0.25) is 5.91 Å². The number of methoxy groups -OCH3 is 1. The summed E-state index contributed by atoms with van der Waals surface area (Å²) in [6.45, 7) is 15.8. The van der Waals surface area contributed by atoms with Gasteiger partial charge in [-0.05, 0) is 86.8 Å². The van der Waals surface area contributed by atoms with E-state index in [0.29, 0.717) is 19.5 Å². The topological polar surface area (TPSA) is 113 Å². The maximum Gasteiger partial charge on any atom is 0.408 e. The zero-order valence-corrected chi connectivity index (χ0v) is 26.6. The molecular weight excluding hydrogens is 540 g/mol. The molecule has 1 N–H and O–H groups in total. The number of amides is 2. The van der Waals surface area contributed by atoms with Gasteiger partial charge in [0.15, 0.2) is 0 Å². The summed E-state index contributed by atoms with van der Waals surface area (Å²) < 4.78 is 29.5. The number of nitrogens with one attached hydrogen (secondary N) is 1. The van der Waals surface area contributed by atoms with Crippen molar-refractivity contribution in [3.63, 3.8) is 0 Å². The van der Waals surface area contributed by atoms with Crippen LogP contribution in [0.3, 0.4) is 0 Å². The highest BCUT2D eigenvalue weighted by atomic mass is 16.6. The molecule has 0 bridgehead atoms. The SMILES string of the molecule is COc1ccc2c(c1)OC(C)(C)[C@@H]1C[C@H]3CN(C(=O)[C@H](CCC(=O)OC(C)(C)C)NC(=O)OC(C)(C)C)CC[C@H]3O[C@@H]21. The molecule has 0 saturated carbocycles. The molecule has 2 saturated heterocycles. The van der Waals surface area contributed by atoms with Crippen LogP contribution in [0.25, 0.3) is 0 Å². The molecule has 0 aliphatic carbocycles. The van der Waals surface area contributed by atoms with Crippen LogP contribution in [0.5, 0.6) is 11.5 Å². The molecule has 3 heterocycles. The van der Waals surface area contributed by atoms with Crippen molar-refractivity contribution < 1.29 is 38.1 Å². The van der Waals surface area contributed by atoms with Crippen molar-refractivity contribution in [3.8, 4) is 11.5 Å². The standard InChI is InChI=1S/C32H48N2O8/c1-30(2,3)41-26(35)13-12-23(33-29(37)42-31(4,5)6)28(36)34-15-14-24-19(18-34)16-22-27(39-24)21-11-10-20(38-9)17-25(21)40-32(22,7)8/h10-11,17,19,22-24,27H,12-16,18H2,1-9H3,(H,33,37)/t19-,22+,23-,24+,27-/m0/s1. The largest absolute Gasteiger partial charge is 0.497 e. The third kappa shape index (κ3) is 7.68. The van der Waals surface area contributed by atoms with Gasteiger partial charge in [0.1, 0.15) is 34.3 Å². The van der Waals surface area contributed by atoms with Crippen LogP contribution < -0.4 is 14.8 Å². The summed E-state index contributed by atoms with van der Waals surface area (Å²) >= 11 is 0. The van der Waals surface area contributed by atoms with E-state index in [0.717, 1.165) is 23.5 Å². The van der Waals surface area contributed by atoms with Gasteiger partial charge in [-0.25, -0.2) is 4.79 Å². The average Bonchev–Trinajstić information content (AvgIpc) is 2.86. The number of esters is 1. The van der Waals surface area contributed by atoms with E-state index in [2.05, 4.69) is 19.2 Å². The molecule has 1 aromatic carbocycles. The number of rotatable bonds is 6. The number of piperidine rings is 1. The molecule has 0 radical (unpaired) electrons. The highest BCUT2D eigenvalue weighted by Crippen LogP contribution is 2.53. The number of ether oxygens (including phenoxy) is 5. The average molecular weight is 589 g/mol. The predicted octanol–water partition coefficient (Wildman–Crippen LogP) is 5.18. The minimum atomic E-state index is -0.919. The van der Waals surface area contributed by atoms with E-state index in [1.54, 1.807) is 53.6 Å². The van der Waals surface area contributed by atoms with Crippen molar-refractivity contribution >= 4 is 18.0 Å². The third-order valence-corrected chi connectivity index (χ3v) is 8.06. The number of benzene rings is 1. The Morgan fingerprint density at radius 3 is 2.43 bits per heavy atom. The molecule has 10 nitrogen and oxygen atoms in total. The first-order valence-corrected chi connectivity index (χ1v) is 15.0. The van der Waals surface area contributed by atoms with Crippen LogP contribution in [0.2, 0.25) is 0 Å². The molecule has 3 aliphatic rings. The van der Waals surface area contributed by atoms with Crippen molar-refractivity contribution in [1.29, 1.82) is 0 Å². The lowest BCUT2D eigenvalue weighted by Crippen LogP contribution is -2.58. The number of fused-ring (bicyclic) bond motifs is 4. The van der Waals surface area contributed by atoms with E-state index in [9.17, 15) is 14.4 Å². The van der Waals surface area contributed by atoms with Crippen LogP contribution in [-0.2, 0) is 23.8 Å². The minimum absolute atomic E-state index is 0.00169. The molecule has 3 aliphatic heterocycles. The van der Waals surface area contributed by atoms with Gasteiger partial charge in [-0.15, -0.1) is 0 Å². The van der Waals surface area contributed by atoms with Crippen LogP contribution in [0.1, 0.15) is 92.7 Å². The summed E-state index contributed by atoms with van der Waals surface area (Å²) in [5.74, 6) is 1.07. The molecule has 234 valence electrons. The van der Waals surface area contributed by atoms with Crippen molar-refractivity contribution in [2.45, 2.75) is 116 Å². The van der Waals surface area contributed by atoms with E-state index in [1.807, 2.05) is 18.2 Å². The Morgan fingerprint density at radius 1 is 1.10 bits per heavy atom. The van der Waals surface area contributed by atoms with Crippen LogP contribution in [0, 0.1) is 11.8 Å². The fourth-order valence-corrected chi connectivity index (χ4v) is 6.19. The van der Waals surface area contributed by atoms with E-state index >= 15 is 0 Å². The zero-order chi connectivity index (χ0) is 31.0. The second-order valence-corrected chi connectivity index (χ2v) is 14.2. The van der Waals surface area contributed by atoms with Gasteiger partial charge in [0.05, 0.1) is 19.3 Å². The van der Waals surface area contributed by atoms with Gasteiger partial charge in [-0.1, -0.05) is 0 Å². The van der Waals surface area contributed by atoms with Gasteiger partial charge >= 0.3 is 12.1 Å². The predicted molar refractivity (Wildman–Crippen MR) is 156 cm³/mol. The van der Waals surface area contributed by atoms with Gasteiger partial charge in [0, 0.05) is 43.0 Å². The second-order valence-electron chi connectivity index (χ2n) is 14.2. The molecule has 2 amide bonds. The molecule has 5 atom stereocenters. The molecule has 0 unspecified atom stereocenters. The van der Waals surface area contributed by atoms with E-state index in [1.165, 1.54) is 0 Å². The van der Waals surface area contributed by atoms with Crippen molar-refractivity contribution in [1.82, 2.24) is 10.2 Å². The van der Waals surface area contributed by atoms with Crippen LogP contribution >= 0.6 is 0 Å². The first-order chi connectivity index (χ1) is 19.5. The van der Waals surface area contributed by atoms with Gasteiger partial charge in [-0.2, -0.15) is 0 Å². The molecule has 1 aromatic rings. The molecule has 4 rings (SSSR count). The van der Waals surface area contributed by atoms with Gasteiger partial charge in [-0.3, -0.25) is 9.59 Å². The number of carbonyl (C=O) groups excluding carboxylic acids is 3. The van der Waals surface area contributed by atoms with E-state index in [4.69, 9.17) is 23.7 Å². The lowest BCUT2D eigenvalue weighted by molar-refractivity contribution is -0.189. The monoisotopic (exact) mass is 588 g/mol. The van der Waals surface area contributed by atoms with E-state index in [-0.39, 0.29) is 42.8 Å². The smallest absolute Gasteiger partial charge is 0.408 e. The summed E-state index contributed by atoms with van der Waals surface area (Å²) in [5.41, 5.74) is -0.814. The number of hydrogen-bond donors (Lipinski definition) is 1. The van der Waals surface area contributed by atoms with Crippen LogP contribution in [0.4, 0.5) is 4.79 Å². The van der Waals surface area contributed by atoms with Crippen molar-refractivity contribution in [3.05, 3.63) is 23.8 Å². The Bertz CT molecular complexity index is 1170. The van der Waals surface area contributed by atoms with Gasteiger partial charge in [0.25, 0.3) is 0 Å². The molecule has 2 fully saturated rings. The first-order valence-electron chi connectivity index (χ1n) is 15.0. The lowest BCUT2D eigenvalue weighted by Gasteiger charge is -2.53. The highest BCUT2D eigenvalue weighted by Gasteiger charge is 2.52. The molecule has 0 spiro atoms. The summed E-state index contributed by atoms with van der Waals surface area (Å²) in [6.07, 6.45) is 0.815. The maximum absolute atomic E-state index is 13.8. The van der Waals surface area contributed by atoms with Crippen LogP contribution in [0.15, 0.2) is 18.2 Å². The van der Waals surface area contributed by atoms with Crippen LogP contribution in [-0.4, -0.2) is 72.0 Å². The number of hydrogen-bond acceptors (Lipinski definition) is 8. The number of carbonyl (C=O) groups is 3. The zero-order valence-electron chi connectivity index (χ0n) is 26.6. The Morgan fingerprint density at radius 2 is 1.79 bits per heavy atom. The van der Waals surface area contributed by atoms with Crippen molar-refractivity contribution in [2.24, 2.45) is 11.8 Å². The summed E-state index contributed by atoms with van der Waals surface area (Å²) in [7, 11) is 1.64. The van der Waals surface area contributed by atoms with E-state index < -0.39 is 34.9 Å². The summed E-state index contributed by atoms with van der Waals surface area (Å²) in [6, 6.07) is 4.96. The maximum atomic E-state index is 13.8. The van der Waals surface area contributed by atoms with Crippen molar-refractivity contribution in [2.75, 3.05) is 20.2 Å². The lowest BCUT2D eigenvalue weighted by atomic mass is 9.70. The third-order valence-electron chi connectivity index (χ3n) is 8.06. The van der Waals surface area contributed by atoms with Gasteiger partial charge < -0.3 is 33.9 Å². The Labute approximate surface area is 249 Å². The molecule has 0 aromatic heterocycles. The quantitative estimate of drug-likeness (QED) is 0.453. The molecular formula is C32H48N2O8. The minimum Gasteiger partial charge on any atom is -0.497 e. The first kappa shape index (κ1) is 31.9. The summed E-state index contributed by atoms with van der Waals surface area (Å²) in [5, 5.41) is 2.72. The fraction of sp³-hybridized carbons (Fsp3) is 0.719. The Kier molecular flexibility index (Phi) is 9.07.